The third kappa shape index (κ3) is 11.1. The predicted octanol–water partition coefficient (Wildman–Crippen LogP) is 28.2. The van der Waals surface area contributed by atoms with Crippen LogP contribution in [0.2, 0.25) is 0 Å². The molecule has 21 rings (SSSR count). The van der Waals surface area contributed by atoms with E-state index in [1.165, 1.54) is 111 Å². The van der Waals surface area contributed by atoms with Crippen molar-refractivity contribution in [1.82, 2.24) is 9.13 Å². The summed E-state index contributed by atoms with van der Waals surface area (Å²) < 4.78 is 11.5. The van der Waals surface area contributed by atoms with Crippen LogP contribution in [0.5, 0.6) is 0 Å². The van der Waals surface area contributed by atoms with Crippen molar-refractivity contribution in [3.8, 4) is 61.3 Å². The Morgan fingerprint density at radius 3 is 1.48 bits per heavy atom. The summed E-state index contributed by atoms with van der Waals surface area (Å²) in [6.07, 6.45) is 15.7. The van der Waals surface area contributed by atoms with E-state index < -0.39 is 0 Å². The SMILES string of the molecule is CC1(Cc2ccc3c(c2)c2cc(-c4ccc(N(c5ccc(-c6ccccc6)cc5)c5ccc(-c6cccc7c6oc6ccccc67)cc5)cc4)ccc2n3-c2ccccc2)C2=CC(N(c3ccc(-c4ccccc4)cc3)c3ccc(-c4ccc5c(c4)c4ccccc4n5C4=CC=CCC4)cc3)CC=C2c2ccccc21. The molecule has 2 atom stereocenters. The Hall–Kier alpha value is -13.7. The van der Waals surface area contributed by atoms with Gasteiger partial charge in [-0.25, -0.2) is 0 Å². The lowest BCUT2D eigenvalue weighted by Gasteiger charge is -2.37. The molecular formula is C105H76N4O. The van der Waals surface area contributed by atoms with Crippen LogP contribution in [0.1, 0.15) is 42.9 Å². The fraction of sp³-hybridized carbons (Fsp3) is 0.0667. The van der Waals surface area contributed by atoms with Crippen molar-refractivity contribution in [3.05, 3.63) is 411 Å². The molecule has 3 aliphatic rings. The number of allylic oxidation sites excluding steroid dienone is 6. The zero-order chi connectivity index (χ0) is 72.8. The van der Waals surface area contributed by atoms with Gasteiger partial charge in [0, 0.05) is 83.1 Å². The maximum Gasteiger partial charge on any atom is 0.143 e. The van der Waals surface area contributed by atoms with E-state index in [-0.39, 0.29) is 11.5 Å². The molecule has 3 aromatic heterocycles. The Balaban J connectivity index is 0.632. The van der Waals surface area contributed by atoms with Crippen LogP contribution >= 0.6 is 0 Å². The summed E-state index contributed by atoms with van der Waals surface area (Å²) in [5, 5.41) is 7.27. The molecule has 0 bridgehead atoms. The van der Waals surface area contributed by atoms with E-state index in [9.17, 15) is 0 Å². The van der Waals surface area contributed by atoms with Crippen LogP contribution in [0.3, 0.4) is 0 Å². The molecule has 15 aromatic carbocycles. The highest BCUT2D eigenvalue weighted by atomic mass is 16.3. The number of rotatable bonds is 15. The first-order chi connectivity index (χ1) is 54.4. The van der Waals surface area contributed by atoms with Gasteiger partial charge in [0.25, 0.3) is 0 Å². The number of furan rings is 1. The number of hydrogen-bond donors (Lipinski definition) is 0. The van der Waals surface area contributed by atoms with Crippen LogP contribution in [-0.4, -0.2) is 15.2 Å². The number of anilines is 5. The first-order valence-electron chi connectivity index (χ1n) is 38.6. The van der Waals surface area contributed by atoms with Crippen molar-refractivity contribution < 1.29 is 4.42 Å². The van der Waals surface area contributed by atoms with Gasteiger partial charge in [0.1, 0.15) is 11.2 Å². The smallest absolute Gasteiger partial charge is 0.143 e. The van der Waals surface area contributed by atoms with E-state index in [0.717, 1.165) is 104 Å². The normalized spacial score (nSPS) is 15.3. The summed E-state index contributed by atoms with van der Waals surface area (Å²) in [6, 6.07) is 132. The third-order valence-electron chi connectivity index (χ3n) is 23.6. The van der Waals surface area contributed by atoms with E-state index in [4.69, 9.17) is 4.42 Å². The average molecular weight is 1410 g/mol. The number of benzene rings is 15. The summed E-state index contributed by atoms with van der Waals surface area (Å²) >= 11 is 0. The monoisotopic (exact) mass is 1410 g/mol. The maximum atomic E-state index is 6.53. The minimum absolute atomic E-state index is 0.0263. The van der Waals surface area contributed by atoms with E-state index in [1.807, 2.05) is 6.07 Å². The number of para-hydroxylation sites is 4. The second-order valence-corrected chi connectivity index (χ2v) is 30.0. The molecule has 18 aromatic rings. The Morgan fingerprint density at radius 2 is 0.855 bits per heavy atom. The van der Waals surface area contributed by atoms with Crippen molar-refractivity contribution in [3.63, 3.8) is 0 Å². The molecule has 0 fully saturated rings. The predicted molar refractivity (Wildman–Crippen MR) is 463 cm³/mol. The van der Waals surface area contributed by atoms with Crippen molar-refractivity contribution in [1.29, 1.82) is 0 Å². The quantitative estimate of drug-likeness (QED) is 0.102. The third-order valence-corrected chi connectivity index (χ3v) is 23.6. The Bertz CT molecular complexity index is 6730. The van der Waals surface area contributed by atoms with Gasteiger partial charge >= 0.3 is 0 Å². The molecule has 0 N–H and O–H groups in total. The van der Waals surface area contributed by atoms with Crippen LogP contribution in [0, 0.1) is 0 Å². The largest absolute Gasteiger partial charge is 0.455 e. The number of hydrogen-bond acceptors (Lipinski definition) is 3. The van der Waals surface area contributed by atoms with Gasteiger partial charge in [0.15, 0.2) is 0 Å². The lowest BCUT2D eigenvalue weighted by atomic mass is 9.73. The first-order valence-corrected chi connectivity index (χ1v) is 38.6. The Morgan fingerprint density at radius 1 is 0.382 bits per heavy atom. The molecule has 5 nitrogen and oxygen atoms in total. The molecule has 3 heterocycles. The van der Waals surface area contributed by atoms with E-state index in [2.05, 4.69) is 408 Å². The molecule has 3 aliphatic carbocycles. The van der Waals surface area contributed by atoms with Gasteiger partial charge in [-0.15, -0.1) is 0 Å². The topological polar surface area (TPSA) is 29.5 Å². The Kier molecular flexibility index (Phi) is 15.6. The van der Waals surface area contributed by atoms with E-state index in [0.29, 0.717) is 0 Å². The van der Waals surface area contributed by atoms with Gasteiger partial charge in [-0.2, -0.15) is 0 Å². The zero-order valence-electron chi connectivity index (χ0n) is 61.1. The number of aromatic nitrogens is 2. The van der Waals surface area contributed by atoms with Crippen LogP contribution in [0.4, 0.5) is 28.4 Å². The van der Waals surface area contributed by atoms with E-state index in [1.54, 1.807) is 0 Å². The molecule has 0 radical (unpaired) electrons. The Labute approximate surface area is 640 Å². The standard InChI is InChI=1S/C105H76N4O/c1-105(97-34-17-14-29-89(97)90-61-60-87(68-98(90)105)107(85-52-40-74(41-53-85)72-23-8-3-9-24-72)86-56-44-75(45-57-86)78-48-63-101-95(66-78)91-30-15-18-35-99(91)108(101)80-25-10-4-11-26-80)69-70-37-62-100-94(65-70)96-67-79(49-64-102(96)109(100)81-27-12-5-13-28-81)76-42-54-83(55-43-76)106(82-50-38-73(39-51-82)71-21-6-2-7-22-71)84-58-46-77(47-59-84)88-32-20-33-93-92-31-16-19-36-103(92)110-104(88)93/h2-10,12-25,27-59,61-68,87H,11,26,60,69H2,1H3. The first kappa shape index (κ1) is 64.6. The fourth-order valence-corrected chi connectivity index (χ4v) is 18.3. The van der Waals surface area contributed by atoms with Gasteiger partial charge in [-0.3, -0.25) is 0 Å². The number of nitrogens with zero attached hydrogens (tertiary/aromatic N) is 4. The van der Waals surface area contributed by atoms with Crippen molar-refractivity contribution in [2.75, 3.05) is 9.80 Å². The van der Waals surface area contributed by atoms with Crippen molar-refractivity contribution in [2.24, 2.45) is 0 Å². The maximum absolute atomic E-state index is 6.53. The summed E-state index contributed by atoms with van der Waals surface area (Å²) in [6.45, 7) is 2.51. The van der Waals surface area contributed by atoms with Crippen LogP contribution < -0.4 is 9.80 Å². The average Bonchev–Trinajstić information content (AvgIpc) is 1.56. The molecule has 0 amide bonds. The van der Waals surface area contributed by atoms with Crippen LogP contribution in [0.25, 0.3) is 138 Å². The zero-order valence-corrected chi connectivity index (χ0v) is 61.1. The van der Waals surface area contributed by atoms with E-state index >= 15 is 0 Å². The lowest BCUT2D eigenvalue weighted by Crippen LogP contribution is -2.33. The van der Waals surface area contributed by atoms with Crippen LogP contribution in [0.15, 0.2) is 398 Å². The summed E-state index contributed by atoms with van der Waals surface area (Å²) in [5.74, 6) is 0. The highest BCUT2D eigenvalue weighted by Gasteiger charge is 2.44. The molecule has 110 heavy (non-hydrogen) atoms. The highest BCUT2D eigenvalue weighted by Crippen LogP contribution is 2.55. The molecular weight excluding hydrogens is 1330 g/mol. The van der Waals surface area contributed by atoms with Gasteiger partial charge < -0.3 is 23.4 Å². The van der Waals surface area contributed by atoms with Crippen molar-refractivity contribution >= 4 is 105 Å². The van der Waals surface area contributed by atoms with Gasteiger partial charge in [-0.05, 0) is 231 Å². The summed E-state index contributed by atoms with van der Waals surface area (Å²) in [7, 11) is 0. The molecule has 0 spiro atoms. The van der Waals surface area contributed by atoms with Gasteiger partial charge in [0.2, 0.25) is 0 Å². The lowest BCUT2D eigenvalue weighted by molar-refractivity contribution is 0.575. The number of fused-ring (bicyclic) bond motifs is 12. The van der Waals surface area contributed by atoms with Gasteiger partial charge in [0.05, 0.1) is 28.1 Å². The molecule has 522 valence electrons. The van der Waals surface area contributed by atoms with Crippen molar-refractivity contribution in [2.45, 2.75) is 44.1 Å². The molecule has 0 aliphatic heterocycles. The van der Waals surface area contributed by atoms with Crippen LogP contribution in [-0.2, 0) is 11.8 Å². The minimum atomic E-state index is -0.345. The van der Waals surface area contributed by atoms with Gasteiger partial charge in [-0.1, -0.05) is 268 Å². The fourth-order valence-electron chi connectivity index (χ4n) is 18.3. The molecule has 0 saturated heterocycles. The summed E-state index contributed by atoms with van der Waals surface area (Å²) in [5.41, 5.74) is 32.7. The molecule has 5 heteroatoms. The second-order valence-electron chi connectivity index (χ2n) is 30.0. The highest BCUT2D eigenvalue weighted by molar-refractivity contribution is 6.13. The molecule has 2 unspecified atom stereocenters. The molecule has 0 saturated carbocycles. The second kappa shape index (κ2) is 26.6. The summed E-state index contributed by atoms with van der Waals surface area (Å²) in [4.78, 5) is 4.95. The minimum Gasteiger partial charge on any atom is -0.455 e.